The Bertz CT molecular complexity index is 281. The fraction of sp³-hybridized carbons (Fsp3) is 0.833. The number of hydrogen-bond acceptors (Lipinski definition) is 3. The molecule has 0 bridgehead atoms. The lowest BCUT2D eigenvalue weighted by molar-refractivity contribution is -0.143. The highest BCUT2D eigenvalue weighted by atomic mass is 16.4. The Balaban J connectivity index is 2.63. The minimum Gasteiger partial charge on any atom is -0.481 e. The Morgan fingerprint density at radius 2 is 2.00 bits per heavy atom. The summed E-state index contributed by atoms with van der Waals surface area (Å²) in [5.41, 5.74) is 5.63. The molecule has 0 aromatic rings. The van der Waals surface area contributed by atoms with Crippen molar-refractivity contribution >= 4 is 11.9 Å². The van der Waals surface area contributed by atoms with E-state index in [0.29, 0.717) is 12.8 Å². The lowest BCUT2D eigenvalue weighted by Crippen LogP contribution is -2.49. The molecule has 0 heterocycles. The van der Waals surface area contributed by atoms with Crippen LogP contribution in [-0.2, 0) is 9.59 Å². The van der Waals surface area contributed by atoms with Gasteiger partial charge in [-0.25, -0.2) is 0 Å². The molecule has 17 heavy (non-hydrogen) atoms. The molecule has 3 atom stereocenters. The van der Waals surface area contributed by atoms with E-state index in [1.165, 1.54) is 0 Å². The largest absolute Gasteiger partial charge is 0.481 e. The van der Waals surface area contributed by atoms with Crippen LogP contribution >= 0.6 is 0 Å². The molecule has 1 saturated carbocycles. The first kappa shape index (κ1) is 14.0. The molecule has 98 valence electrons. The van der Waals surface area contributed by atoms with Crippen molar-refractivity contribution in [3.05, 3.63) is 0 Å². The Kier molecular flexibility index (Phi) is 5.41. The van der Waals surface area contributed by atoms with Gasteiger partial charge in [0, 0.05) is 6.04 Å². The predicted octanol–water partition coefficient (Wildman–Crippen LogP) is 0.873. The summed E-state index contributed by atoms with van der Waals surface area (Å²) in [7, 11) is 0. The number of carbonyl (C=O) groups is 2. The standard InChI is InChI=1S/C12H22N2O3/c1-2-9(13)11(15)14-10-7-5-3-4-6-8(10)12(16)17/h8-10H,2-7,13H2,1H3,(H,14,15)(H,16,17)/t8?,9-,10?/m0/s1. The van der Waals surface area contributed by atoms with Gasteiger partial charge in [-0.15, -0.1) is 0 Å². The van der Waals surface area contributed by atoms with Crippen LogP contribution in [0.3, 0.4) is 0 Å². The molecule has 0 spiro atoms. The topological polar surface area (TPSA) is 92.4 Å². The third-order valence-electron chi connectivity index (χ3n) is 3.44. The van der Waals surface area contributed by atoms with Crippen LogP contribution in [0.1, 0.15) is 45.4 Å². The first-order chi connectivity index (χ1) is 8.06. The van der Waals surface area contributed by atoms with Crippen LogP contribution in [0.15, 0.2) is 0 Å². The van der Waals surface area contributed by atoms with Crippen LogP contribution in [0.5, 0.6) is 0 Å². The number of amides is 1. The smallest absolute Gasteiger partial charge is 0.308 e. The third-order valence-corrected chi connectivity index (χ3v) is 3.44. The number of hydrogen-bond donors (Lipinski definition) is 3. The van der Waals surface area contributed by atoms with Crippen LogP contribution in [0.25, 0.3) is 0 Å². The summed E-state index contributed by atoms with van der Waals surface area (Å²) in [4.78, 5) is 22.8. The zero-order valence-corrected chi connectivity index (χ0v) is 10.3. The zero-order valence-electron chi connectivity index (χ0n) is 10.3. The number of rotatable bonds is 4. The molecular weight excluding hydrogens is 220 g/mol. The van der Waals surface area contributed by atoms with Gasteiger partial charge in [0.1, 0.15) is 0 Å². The molecule has 0 aromatic heterocycles. The van der Waals surface area contributed by atoms with Crippen molar-refractivity contribution in [2.24, 2.45) is 11.7 Å². The Labute approximate surface area is 102 Å². The van der Waals surface area contributed by atoms with E-state index in [2.05, 4.69) is 5.32 Å². The summed E-state index contributed by atoms with van der Waals surface area (Å²) < 4.78 is 0. The van der Waals surface area contributed by atoms with Crippen molar-refractivity contribution in [1.82, 2.24) is 5.32 Å². The molecule has 5 heteroatoms. The van der Waals surface area contributed by atoms with E-state index in [1.54, 1.807) is 0 Å². The summed E-state index contributed by atoms with van der Waals surface area (Å²) in [5, 5.41) is 12.0. The van der Waals surface area contributed by atoms with E-state index >= 15 is 0 Å². The summed E-state index contributed by atoms with van der Waals surface area (Å²) in [5.74, 6) is -1.52. The summed E-state index contributed by atoms with van der Waals surface area (Å²) >= 11 is 0. The number of nitrogens with one attached hydrogen (secondary N) is 1. The van der Waals surface area contributed by atoms with Crippen molar-refractivity contribution in [2.75, 3.05) is 0 Å². The van der Waals surface area contributed by atoms with Gasteiger partial charge in [0.25, 0.3) is 0 Å². The van der Waals surface area contributed by atoms with E-state index < -0.39 is 17.9 Å². The van der Waals surface area contributed by atoms with Crippen molar-refractivity contribution in [3.63, 3.8) is 0 Å². The first-order valence-electron chi connectivity index (χ1n) is 6.35. The summed E-state index contributed by atoms with van der Waals surface area (Å²) in [6, 6.07) is -0.798. The van der Waals surface area contributed by atoms with Crippen LogP contribution in [0, 0.1) is 5.92 Å². The molecule has 1 aliphatic rings. The minimum atomic E-state index is -0.817. The fourth-order valence-electron chi connectivity index (χ4n) is 2.25. The first-order valence-corrected chi connectivity index (χ1v) is 6.35. The van der Waals surface area contributed by atoms with Gasteiger partial charge in [-0.3, -0.25) is 9.59 Å². The molecule has 0 radical (unpaired) electrons. The van der Waals surface area contributed by atoms with E-state index in [9.17, 15) is 9.59 Å². The Morgan fingerprint density at radius 3 is 2.59 bits per heavy atom. The highest BCUT2D eigenvalue weighted by molar-refractivity contribution is 5.82. The van der Waals surface area contributed by atoms with E-state index in [-0.39, 0.29) is 11.9 Å². The van der Waals surface area contributed by atoms with Crippen molar-refractivity contribution < 1.29 is 14.7 Å². The lowest BCUT2D eigenvalue weighted by Gasteiger charge is -2.24. The van der Waals surface area contributed by atoms with Crippen molar-refractivity contribution in [3.8, 4) is 0 Å². The van der Waals surface area contributed by atoms with Gasteiger partial charge >= 0.3 is 5.97 Å². The van der Waals surface area contributed by atoms with Crippen LogP contribution in [0.4, 0.5) is 0 Å². The van der Waals surface area contributed by atoms with Gasteiger partial charge < -0.3 is 16.2 Å². The molecular formula is C12H22N2O3. The maximum absolute atomic E-state index is 11.7. The predicted molar refractivity (Wildman–Crippen MR) is 64.4 cm³/mol. The Hall–Kier alpha value is -1.10. The van der Waals surface area contributed by atoms with Gasteiger partial charge in [0.2, 0.25) is 5.91 Å². The molecule has 1 aliphatic carbocycles. The van der Waals surface area contributed by atoms with E-state index in [1.807, 2.05) is 6.92 Å². The second kappa shape index (κ2) is 6.59. The van der Waals surface area contributed by atoms with Gasteiger partial charge in [-0.05, 0) is 19.3 Å². The van der Waals surface area contributed by atoms with Gasteiger partial charge in [-0.2, -0.15) is 0 Å². The summed E-state index contributed by atoms with van der Waals surface area (Å²) in [6.45, 7) is 1.84. The normalized spacial score (nSPS) is 26.9. The number of carbonyl (C=O) groups excluding carboxylic acids is 1. The van der Waals surface area contributed by atoms with E-state index in [0.717, 1.165) is 25.7 Å². The highest BCUT2D eigenvalue weighted by Gasteiger charge is 2.31. The van der Waals surface area contributed by atoms with Gasteiger partial charge in [0.15, 0.2) is 0 Å². The van der Waals surface area contributed by atoms with E-state index in [4.69, 9.17) is 10.8 Å². The molecule has 1 fully saturated rings. The molecule has 5 nitrogen and oxygen atoms in total. The number of nitrogens with two attached hydrogens (primary N) is 1. The SMILES string of the molecule is CC[C@H](N)C(=O)NC1CCCCCC1C(=O)O. The lowest BCUT2D eigenvalue weighted by atomic mass is 9.94. The second-order valence-electron chi connectivity index (χ2n) is 4.71. The number of carboxylic acid groups (broad SMARTS) is 1. The highest BCUT2D eigenvalue weighted by Crippen LogP contribution is 2.23. The van der Waals surface area contributed by atoms with Crippen LogP contribution < -0.4 is 11.1 Å². The zero-order chi connectivity index (χ0) is 12.8. The molecule has 0 aliphatic heterocycles. The summed E-state index contributed by atoms with van der Waals surface area (Å²) in [6.07, 6.45) is 4.87. The average molecular weight is 242 g/mol. The molecule has 1 rings (SSSR count). The Morgan fingerprint density at radius 1 is 1.35 bits per heavy atom. The van der Waals surface area contributed by atoms with Crippen LogP contribution in [-0.4, -0.2) is 29.1 Å². The van der Waals surface area contributed by atoms with Gasteiger partial charge in [-0.1, -0.05) is 26.2 Å². The minimum absolute atomic E-state index is 0.231. The number of carboxylic acids is 1. The molecule has 4 N–H and O–H groups in total. The molecule has 2 unspecified atom stereocenters. The van der Waals surface area contributed by atoms with Gasteiger partial charge in [0.05, 0.1) is 12.0 Å². The maximum atomic E-state index is 11.7. The fourth-order valence-corrected chi connectivity index (χ4v) is 2.25. The second-order valence-corrected chi connectivity index (χ2v) is 4.71. The number of aliphatic carboxylic acids is 1. The molecule has 1 amide bonds. The van der Waals surface area contributed by atoms with Crippen molar-refractivity contribution in [2.45, 2.75) is 57.5 Å². The van der Waals surface area contributed by atoms with Crippen LogP contribution in [0.2, 0.25) is 0 Å². The van der Waals surface area contributed by atoms with Crippen molar-refractivity contribution in [1.29, 1.82) is 0 Å². The molecule has 0 saturated heterocycles. The third kappa shape index (κ3) is 4.00. The maximum Gasteiger partial charge on any atom is 0.308 e. The molecule has 0 aromatic carbocycles. The average Bonchev–Trinajstić information content (AvgIpc) is 2.53. The quantitative estimate of drug-likeness (QED) is 0.638. The monoisotopic (exact) mass is 242 g/mol.